The number of hydrogen-bond donors (Lipinski definition) is 1. The van der Waals surface area contributed by atoms with E-state index in [-0.39, 0.29) is 11.8 Å². The maximum absolute atomic E-state index is 12.8. The summed E-state index contributed by atoms with van der Waals surface area (Å²) in [5.74, 6) is 0.669. The van der Waals surface area contributed by atoms with Crippen molar-refractivity contribution in [3.8, 4) is 0 Å². The number of carbonyl (C=O) groups excluding carboxylic acids is 2. The first-order chi connectivity index (χ1) is 15.3. The summed E-state index contributed by atoms with van der Waals surface area (Å²) in [6.07, 6.45) is 6.98. The lowest BCUT2D eigenvalue weighted by Gasteiger charge is -2.29. The largest absolute Gasteiger partial charge is 0.351 e. The quantitative estimate of drug-likeness (QED) is 0.687. The third-order valence-electron chi connectivity index (χ3n) is 6.13. The minimum atomic E-state index is -0.0520. The van der Waals surface area contributed by atoms with E-state index in [9.17, 15) is 9.59 Å². The van der Waals surface area contributed by atoms with Crippen molar-refractivity contribution in [2.24, 2.45) is 5.92 Å². The van der Waals surface area contributed by atoms with Gasteiger partial charge in [0, 0.05) is 44.4 Å². The highest BCUT2D eigenvalue weighted by Crippen LogP contribution is 2.26. The van der Waals surface area contributed by atoms with Gasteiger partial charge in [-0.15, -0.1) is 0 Å². The zero-order valence-corrected chi connectivity index (χ0v) is 21.0. The summed E-state index contributed by atoms with van der Waals surface area (Å²) in [7, 11) is 3.99. The molecule has 0 fully saturated rings. The van der Waals surface area contributed by atoms with Crippen LogP contribution in [0.5, 0.6) is 0 Å². The average Bonchev–Trinajstić information content (AvgIpc) is 2.72. The number of carbonyl (C=O) groups is 2. The number of nitrogens with zero attached hydrogens (tertiary/aromatic N) is 3. The molecule has 2 rings (SSSR count). The topological polar surface area (TPSA) is 55.9 Å². The van der Waals surface area contributed by atoms with Crippen molar-refractivity contribution < 1.29 is 9.59 Å². The van der Waals surface area contributed by atoms with E-state index in [1.54, 1.807) is 6.92 Å². The molecule has 6 heteroatoms. The molecule has 0 aliphatic carbocycles. The fraction of sp³-hybridized carbons (Fsp3) is 0.692. The Bertz CT molecular complexity index is 733. The van der Waals surface area contributed by atoms with Crippen LogP contribution in [-0.4, -0.2) is 68.4 Å². The first-order valence-corrected chi connectivity index (χ1v) is 12.3. The van der Waals surface area contributed by atoms with Crippen LogP contribution in [0.25, 0.3) is 0 Å². The molecule has 0 saturated heterocycles. The molecule has 180 valence electrons. The second kappa shape index (κ2) is 13.6. The fourth-order valence-corrected chi connectivity index (χ4v) is 4.15. The summed E-state index contributed by atoms with van der Waals surface area (Å²) < 4.78 is 0. The first kappa shape index (κ1) is 26.3. The second-order valence-corrected chi connectivity index (χ2v) is 9.80. The molecule has 0 spiro atoms. The minimum Gasteiger partial charge on any atom is -0.351 e. The lowest BCUT2D eigenvalue weighted by molar-refractivity contribution is -0.116. The van der Waals surface area contributed by atoms with Crippen LogP contribution >= 0.6 is 0 Å². The van der Waals surface area contributed by atoms with E-state index in [2.05, 4.69) is 29.0 Å². The van der Waals surface area contributed by atoms with Gasteiger partial charge in [0.25, 0.3) is 5.91 Å². The molecule has 1 aliphatic rings. The van der Waals surface area contributed by atoms with Gasteiger partial charge in [0.05, 0.1) is 0 Å². The molecule has 6 nitrogen and oxygen atoms in total. The summed E-state index contributed by atoms with van der Waals surface area (Å²) in [6.45, 7) is 11.2. The molecule has 1 aliphatic heterocycles. The van der Waals surface area contributed by atoms with Gasteiger partial charge in [-0.25, -0.2) is 0 Å². The Morgan fingerprint density at radius 2 is 1.75 bits per heavy atom. The lowest BCUT2D eigenvalue weighted by Crippen LogP contribution is -2.34. The first-order valence-electron chi connectivity index (χ1n) is 12.3. The number of amides is 2. The minimum absolute atomic E-state index is 0.0520. The van der Waals surface area contributed by atoms with Crippen LogP contribution in [0.3, 0.4) is 0 Å². The molecule has 1 aromatic rings. The molecule has 2 amide bonds. The van der Waals surface area contributed by atoms with Crippen LogP contribution in [0.1, 0.15) is 75.2 Å². The van der Waals surface area contributed by atoms with Gasteiger partial charge in [-0.05, 0) is 76.1 Å². The van der Waals surface area contributed by atoms with Crippen LogP contribution in [-0.2, 0) is 11.3 Å². The summed E-state index contributed by atoms with van der Waals surface area (Å²) in [6, 6.07) is 5.85. The Balaban J connectivity index is 2.33. The van der Waals surface area contributed by atoms with Gasteiger partial charge in [-0.2, -0.15) is 0 Å². The zero-order valence-electron chi connectivity index (χ0n) is 21.0. The predicted molar refractivity (Wildman–Crippen MR) is 133 cm³/mol. The van der Waals surface area contributed by atoms with Crippen LogP contribution < -0.4 is 10.2 Å². The predicted octanol–water partition coefficient (Wildman–Crippen LogP) is 4.14. The molecular formula is C26H44N4O2. The van der Waals surface area contributed by atoms with E-state index in [4.69, 9.17) is 0 Å². The molecule has 0 unspecified atom stereocenters. The molecule has 0 bridgehead atoms. The summed E-state index contributed by atoms with van der Waals surface area (Å²) in [4.78, 5) is 31.8. The maximum Gasteiger partial charge on any atom is 0.251 e. The van der Waals surface area contributed by atoms with Crippen molar-refractivity contribution in [2.45, 2.75) is 65.8 Å². The molecule has 1 heterocycles. The molecule has 1 N–H and O–H groups in total. The third kappa shape index (κ3) is 8.91. The van der Waals surface area contributed by atoms with Crippen LogP contribution in [0, 0.1) is 5.92 Å². The monoisotopic (exact) mass is 444 g/mol. The van der Waals surface area contributed by atoms with Crippen molar-refractivity contribution in [3.05, 3.63) is 29.3 Å². The third-order valence-corrected chi connectivity index (χ3v) is 6.13. The SMILES string of the molecule is CC(=O)N1CCCCCCCN(CCC(C)C)Cc2cc(C(=O)NCCN(C)C)ccc21. The zero-order chi connectivity index (χ0) is 23.5. The molecule has 0 atom stereocenters. The van der Waals surface area contributed by atoms with Crippen LogP contribution in [0.4, 0.5) is 5.69 Å². The number of benzene rings is 1. The number of nitrogens with one attached hydrogen (secondary N) is 1. The summed E-state index contributed by atoms with van der Waals surface area (Å²) in [5.41, 5.74) is 2.70. The van der Waals surface area contributed by atoms with Crippen LogP contribution in [0.2, 0.25) is 0 Å². The van der Waals surface area contributed by atoms with E-state index < -0.39 is 0 Å². The molecule has 0 saturated carbocycles. The Kier molecular flexibility index (Phi) is 11.2. The molecular weight excluding hydrogens is 400 g/mol. The Morgan fingerprint density at radius 1 is 1.06 bits per heavy atom. The van der Waals surface area contributed by atoms with Gasteiger partial charge in [0.15, 0.2) is 0 Å². The van der Waals surface area contributed by atoms with E-state index in [1.807, 2.05) is 37.2 Å². The number of anilines is 1. The molecule has 0 radical (unpaired) electrons. The van der Waals surface area contributed by atoms with Gasteiger partial charge in [0.1, 0.15) is 0 Å². The summed E-state index contributed by atoms with van der Waals surface area (Å²) >= 11 is 0. The highest BCUT2D eigenvalue weighted by molar-refractivity contribution is 5.97. The maximum atomic E-state index is 12.8. The smallest absolute Gasteiger partial charge is 0.251 e. The van der Waals surface area contributed by atoms with E-state index >= 15 is 0 Å². The fourth-order valence-electron chi connectivity index (χ4n) is 4.15. The van der Waals surface area contributed by atoms with Gasteiger partial charge in [-0.1, -0.05) is 33.1 Å². The highest BCUT2D eigenvalue weighted by Gasteiger charge is 2.20. The van der Waals surface area contributed by atoms with Gasteiger partial charge >= 0.3 is 0 Å². The van der Waals surface area contributed by atoms with E-state index in [1.165, 1.54) is 19.3 Å². The van der Waals surface area contributed by atoms with Crippen molar-refractivity contribution in [2.75, 3.05) is 51.7 Å². The van der Waals surface area contributed by atoms with Crippen molar-refractivity contribution in [3.63, 3.8) is 0 Å². The average molecular weight is 445 g/mol. The molecule has 0 aromatic heterocycles. The summed E-state index contributed by atoms with van der Waals surface area (Å²) in [5, 5.41) is 3.02. The Hall–Kier alpha value is -1.92. The van der Waals surface area contributed by atoms with Gasteiger partial charge < -0.3 is 15.1 Å². The number of likely N-dealkylation sites (N-methyl/N-ethyl adjacent to an activating group) is 1. The standard InChI is InChI=1S/C26H44N4O2/c1-21(2)13-17-29-15-9-7-6-8-10-16-30(22(3)31)25-12-11-23(19-24(25)20-29)26(32)27-14-18-28(4)5/h11-12,19,21H,6-10,13-18,20H2,1-5H3,(H,27,32). The Morgan fingerprint density at radius 3 is 2.41 bits per heavy atom. The molecule has 1 aromatic carbocycles. The Labute approximate surface area is 195 Å². The van der Waals surface area contributed by atoms with Gasteiger partial charge in [-0.3, -0.25) is 14.5 Å². The van der Waals surface area contributed by atoms with E-state index in [0.717, 1.165) is 63.2 Å². The molecule has 32 heavy (non-hydrogen) atoms. The van der Waals surface area contributed by atoms with E-state index in [0.29, 0.717) is 18.0 Å². The van der Waals surface area contributed by atoms with Crippen molar-refractivity contribution in [1.82, 2.24) is 15.1 Å². The number of hydrogen-bond acceptors (Lipinski definition) is 4. The highest BCUT2D eigenvalue weighted by atomic mass is 16.2. The second-order valence-electron chi connectivity index (χ2n) is 9.80. The lowest BCUT2D eigenvalue weighted by atomic mass is 10.0. The van der Waals surface area contributed by atoms with Gasteiger partial charge in [0.2, 0.25) is 5.91 Å². The normalized spacial score (nSPS) is 16.4. The number of rotatable bonds is 7. The van der Waals surface area contributed by atoms with Crippen molar-refractivity contribution in [1.29, 1.82) is 0 Å². The number of fused-ring (bicyclic) bond motifs is 1. The van der Waals surface area contributed by atoms with Crippen molar-refractivity contribution >= 4 is 17.5 Å². The van der Waals surface area contributed by atoms with Crippen LogP contribution in [0.15, 0.2) is 18.2 Å².